The molecule has 2 aromatic rings. The van der Waals surface area contributed by atoms with E-state index in [9.17, 15) is 4.79 Å². The second-order valence-electron chi connectivity index (χ2n) is 5.79. The second-order valence-corrected chi connectivity index (χ2v) is 6.93. The molecule has 1 heterocycles. The molecule has 1 aliphatic carbocycles. The smallest absolute Gasteiger partial charge is 0.315 e. The summed E-state index contributed by atoms with van der Waals surface area (Å²) in [6, 6.07) is 8.23. The molecule has 0 unspecified atom stereocenters. The van der Waals surface area contributed by atoms with Gasteiger partial charge in [0.1, 0.15) is 0 Å². The number of thioether (sulfide) groups is 1. The van der Waals surface area contributed by atoms with Gasteiger partial charge >= 0.3 is 6.03 Å². The summed E-state index contributed by atoms with van der Waals surface area (Å²) in [6.07, 6.45) is 10.9. The normalized spacial score (nSPS) is 20.4. The van der Waals surface area contributed by atoms with Gasteiger partial charge in [0.15, 0.2) is 0 Å². The fraction of sp³-hybridized carbons (Fsp3) is 0.412. The number of rotatable bonds is 5. The molecule has 2 amide bonds. The molecular formula is C17H22N4OS. The van der Waals surface area contributed by atoms with E-state index in [1.54, 1.807) is 12.5 Å². The van der Waals surface area contributed by atoms with E-state index in [1.165, 1.54) is 6.42 Å². The van der Waals surface area contributed by atoms with Crippen LogP contribution in [0.2, 0.25) is 0 Å². The summed E-state index contributed by atoms with van der Waals surface area (Å²) in [5.41, 5.74) is 2.10. The van der Waals surface area contributed by atoms with Gasteiger partial charge in [-0.1, -0.05) is 18.2 Å². The molecular weight excluding hydrogens is 308 g/mol. The molecule has 1 aromatic heterocycles. The highest BCUT2D eigenvalue weighted by Gasteiger charge is 2.24. The number of para-hydroxylation sites is 1. The summed E-state index contributed by atoms with van der Waals surface area (Å²) < 4.78 is 1.95. The van der Waals surface area contributed by atoms with Gasteiger partial charge in [0, 0.05) is 30.2 Å². The number of benzene rings is 1. The van der Waals surface area contributed by atoms with Gasteiger partial charge in [0.2, 0.25) is 0 Å². The minimum absolute atomic E-state index is 0.0859. The Morgan fingerprint density at radius 2 is 2.26 bits per heavy atom. The van der Waals surface area contributed by atoms with E-state index in [-0.39, 0.29) is 6.03 Å². The number of carbonyl (C=O) groups excluding carboxylic acids is 1. The van der Waals surface area contributed by atoms with Crippen molar-refractivity contribution in [1.82, 2.24) is 20.2 Å². The Hall–Kier alpha value is -1.95. The number of amides is 2. The van der Waals surface area contributed by atoms with E-state index in [0.717, 1.165) is 24.1 Å². The fourth-order valence-electron chi connectivity index (χ4n) is 3.01. The van der Waals surface area contributed by atoms with Crippen LogP contribution in [0.5, 0.6) is 0 Å². The van der Waals surface area contributed by atoms with Crippen molar-refractivity contribution < 1.29 is 4.79 Å². The fourth-order valence-corrected chi connectivity index (χ4v) is 3.81. The highest BCUT2D eigenvalue weighted by Crippen LogP contribution is 2.28. The minimum Gasteiger partial charge on any atom is -0.335 e. The van der Waals surface area contributed by atoms with Gasteiger partial charge in [-0.3, -0.25) is 0 Å². The van der Waals surface area contributed by atoms with Crippen LogP contribution in [0.3, 0.4) is 0 Å². The van der Waals surface area contributed by atoms with Crippen LogP contribution in [0.15, 0.2) is 43.0 Å². The summed E-state index contributed by atoms with van der Waals surface area (Å²) in [7, 11) is 0. The van der Waals surface area contributed by atoms with Crippen molar-refractivity contribution in [2.45, 2.75) is 37.1 Å². The molecule has 23 heavy (non-hydrogen) atoms. The highest BCUT2D eigenvalue weighted by atomic mass is 32.2. The molecule has 0 spiro atoms. The Bertz CT molecular complexity index is 644. The van der Waals surface area contributed by atoms with E-state index >= 15 is 0 Å². The van der Waals surface area contributed by atoms with Crippen LogP contribution in [0, 0.1) is 0 Å². The van der Waals surface area contributed by atoms with Crippen LogP contribution in [0.25, 0.3) is 5.69 Å². The first kappa shape index (κ1) is 15.9. The van der Waals surface area contributed by atoms with Gasteiger partial charge in [-0.2, -0.15) is 11.8 Å². The van der Waals surface area contributed by atoms with Crippen molar-refractivity contribution in [3.8, 4) is 5.69 Å². The van der Waals surface area contributed by atoms with Crippen LogP contribution in [0.1, 0.15) is 24.8 Å². The van der Waals surface area contributed by atoms with Crippen LogP contribution < -0.4 is 10.6 Å². The first-order chi connectivity index (χ1) is 11.3. The van der Waals surface area contributed by atoms with Gasteiger partial charge in [-0.05, 0) is 37.1 Å². The molecule has 0 bridgehead atoms. The number of hydrogen-bond acceptors (Lipinski definition) is 3. The molecule has 2 atom stereocenters. The van der Waals surface area contributed by atoms with Crippen molar-refractivity contribution in [3.63, 3.8) is 0 Å². The molecule has 0 saturated heterocycles. The zero-order valence-corrected chi connectivity index (χ0v) is 14.1. The maximum atomic E-state index is 12.1. The average Bonchev–Trinajstić information content (AvgIpc) is 3.25. The predicted octanol–water partition coefficient (Wildman–Crippen LogP) is 2.96. The van der Waals surface area contributed by atoms with Crippen molar-refractivity contribution in [2.24, 2.45) is 0 Å². The number of carbonyl (C=O) groups is 1. The van der Waals surface area contributed by atoms with E-state index < -0.39 is 0 Å². The quantitative estimate of drug-likeness (QED) is 0.886. The highest BCUT2D eigenvalue weighted by molar-refractivity contribution is 7.99. The van der Waals surface area contributed by atoms with Crippen LogP contribution in [-0.2, 0) is 6.54 Å². The number of nitrogens with one attached hydrogen (secondary N) is 2. The summed E-state index contributed by atoms with van der Waals surface area (Å²) in [6.45, 7) is 0.499. The van der Waals surface area contributed by atoms with Gasteiger partial charge in [-0.15, -0.1) is 0 Å². The monoisotopic (exact) mass is 330 g/mol. The molecule has 122 valence electrons. The number of urea groups is 1. The van der Waals surface area contributed by atoms with Gasteiger partial charge in [-0.25, -0.2) is 9.78 Å². The maximum Gasteiger partial charge on any atom is 0.315 e. The minimum atomic E-state index is -0.0859. The van der Waals surface area contributed by atoms with Crippen LogP contribution in [0.4, 0.5) is 4.79 Å². The summed E-state index contributed by atoms with van der Waals surface area (Å²) >= 11 is 1.89. The molecule has 0 aliphatic heterocycles. The largest absolute Gasteiger partial charge is 0.335 e. The zero-order chi connectivity index (χ0) is 16.1. The standard InChI is InChI=1S/C17H22N4OS/c1-23-15-7-6-14(10-15)20-17(22)19-11-13-4-2-3-5-16(13)21-9-8-18-12-21/h2-5,8-9,12,14-15H,6-7,10-11H2,1H3,(H2,19,20,22)/t14-,15+/m1/s1. The Labute approximate surface area is 140 Å². The van der Waals surface area contributed by atoms with Crippen molar-refractivity contribution in [3.05, 3.63) is 48.5 Å². The summed E-state index contributed by atoms with van der Waals surface area (Å²) in [5, 5.41) is 6.74. The molecule has 3 rings (SSSR count). The molecule has 1 saturated carbocycles. The van der Waals surface area contributed by atoms with Gasteiger partial charge in [0.05, 0.1) is 12.0 Å². The first-order valence-corrected chi connectivity index (χ1v) is 9.18. The Morgan fingerprint density at radius 1 is 1.39 bits per heavy atom. The van der Waals surface area contributed by atoms with E-state index in [2.05, 4.69) is 21.9 Å². The van der Waals surface area contributed by atoms with Gasteiger partial charge in [0.25, 0.3) is 0 Å². The Balaban J connectivity index is 1.56. The van der Waals surface area contributed by atoms with E-state index in [0.29, 0.717) is 17.8 Å². The summed E-state index contributed by atoms with van der Waals surface area (Å²) in [4.78, 5) is 16.2. The van der Waals surface area contributed by atoms with Crippen molar-refractivity contribution in [1.29, 1.82) is 0 Å². The third-order valence-corrected chi connectivity index (χ3v) is 5.36. The Morgan fingerprint density at radius 3 is 3.00 bits per heavy atom. The van der Waals surface area contributed by atoms with E-state index in [4.69, 9.17) is 0 Å². The molecule has 5 nitrogen and oxygen atoms in total. The molecule has 6 heteroatoms. The lowest BCUT2D eigenvalue weighted by Crippen LogP contribution is -2.40. The van der Waals surface area contributed by atoms with E-state index in [1.807, 2.05) is 46.8 Å². The average molecular weight is 330 g/mol. The van der Waals surface area contributed by atoms with Crippen molar-refractivity contribution >= 4 is 17.8 Å². The van der Waals surface area contributed by atoms with Crippen LogP contribution >= 0.6 is 11.8 Å². The number of nitrogens with zero attached hydrogens (tertiary/aromatic N) is 2. The zero-order valence-electron chi connectivity index (χ0n) is 13.2. The molecule has 0 radical (unpaired) electrons. The number of imidazole rings is 1. The lowest BCUT2D eigenvalue weighted by molar-refractivity contribution is 0.236. The van der Waals surface area contributed by atoms with Crippen LogP contribution in [-0.4, -0.2) is 33.1 Å². The summed E-state index contributed by atoms with van der Waals surface area (Å²) in [5.74, 6) is 0. The maximum absolute atomic E-state index is 12.1. The molecule has 2 N–H and O–H groups in total. The SMILES string of the molecule is CS[C@H]1CC[C@@H](NC(=O)NCc2ccccc2-n2ccnc2)C1. The molecule has 1 aromatic carbocycles. The lowest BCUT2D eigenvalue weighted by Gasteiger charge is -2.15. The lowest BCUT2D eigenvalue weighted by atomic mass is 10.1. The first-order valence-electron chi connectivity index (χ1n) is 7.89. The number of aromatic nitrogens is 2. The Kier molecular flexibility index (Phi) is 5.23. The third-order valence-electron chi connectivity index (χ3n) is 4.27. The predicted molar refractivity (Wildman–Crippen MR) is 93.9 cm³/mol. The number of hydrogen-bond donors (Lipinski definition) is 2. The van der Waals surface area contributed by atoms with Gasteiger partial charge < -0.3 is 15.2 Å². The topological polar surface area (TPSA) is 59.0 Å². The second kappa shape index (κ2) is 7.55. The third kappa shape index (κ3) is 4.07. The molecule has 1 fully saturated rings. The molecule has 1 aliphatic rings. The van der Waals surface area contributed by atoms with Crippen molar-refractivity contribution in [2.75, 3.05) is 6.26 Å².